The van der Waals surface area contributed by atoms with Crippen LogP contribution in [-0.2, 0) is 14.8 Å². The number of sulfonamides is 1. The van der Waals surface area contributed by atoms with Crippen molar-refractivity contribution in [2.24, 2.45) is 5.92 Å². The summed E-state index contributed by atoms with van der Waals surface area (Å²) < 4.78 is 37.6. The van der Waals surface area contributed by atoms with Crippen molar-refractivity contribution >= 4 is 15.9 Å². The molecule has 7 nitrogen and oxygen atoms in total. The number of hydrogen-bond acceptors (Lipinski definition) is 5. The van der Waals surface area contributed by atoms with Crippen molar-refractivity contribution in [3.8, 4) is 11.5 Å². The van der Waals surface area contributed by atoms with Crippen molar-refractivity contribution in [3.05, 3.63) is 24.3 Å². The van der Waals surface area contributed by atoms with Crippen molar-refractivity contribution < 1.29 is 22.7 Å². The van der Waals surface area contributed by atoms with Gasteiger partial charge in [-0.25, -0.2) is 13.1 Å². The number of rotatable bonds is 9. The molecule has 1 aliphatic carbocycles. The van der Waals surface area contributed by atoms with Crippen LogP contribution in [-0.4, -0.2) is 46.4 Å². The van der Waals surface area contributed by atoms with Gasteiger partial charge in [0.25, 0.3) is 0 Å². The third-order valence-corrected chi connectivity index (χ3v) is 5.77. The zero-order valence-corrected chi connectivity index (χ0v) is 16.2. The van der Waals surface area contributed by atoms with Gasteiger partial charge in [0.15, 0.2) is 11.5 Å². The molecule has 0 unspecified atom stereocenters. The maximum atomic E-state index is 12.1. The van der Waals surface area contributed by atoms with Crippen molar-refractivity contribution in [2.75, 3.05) is 26.0 Å². The Labute approximate surface area is 155 Å². The quantitative estimate of drug-likeness (QED) is 0.632. The fourth-order valence-electron chi connectivity index (χ4n) is 2.99. The summed E-state index contributed by atoms with van der Waals surface area (Å²) in [7, 11) is -2.07. The number of carbonyl (C=O) groups excluding carboxylic acids is 1. The number of benzene rings is 1. The van der Waals surface area contributed by atoms with E-state index in [1.165, 1.54) is 0 Å². The number of nitrogens with one attached hydrogen (secondary N) is 2. The number of hydrogen-bond donors (Lipinski definition) is 2. The Morgan fingerprint density at radius 2 is 1.81 bits per heavy atom. The van der Waals surface area contributed by atoms with Crippen molar-refractivity contribution in [3.63, 3.8) is 0 Å². The number of amides is 1. The molecule has 1 aromatic carbocycles. The first-order chi connectivity index (χ1) is 12.4. The SMILES string of the molecule is COc1ccccc1OCCNC(=O)CS(=O)(=O)NC1CCC(C)CC1. The topological polar surface area (TPSA) is 93.7 Å². The second kappa shape index (κ2) is 9.78. The van der Waals surface area contributed by atoms with Crippen molar-refractivity contribution in [1.29, 1.82) is 0 Å². The van der Waals surface area contributed by atoms with Gasteiger partial charge < -0.3 is 14.8 Å². The van der Waals surface area contributed by atoms with E-state index in [0.29, 0.717) is 17.4 Å². The number of para-hydroxylation sites is 2. The van der Waals surface area contributed by atoms with Crippen LogP contribution < -0.4 is 19.5 Å². The molecule has 8 heteroatoms. The summed E-state index contributed by atoms with van der Waals surface area (Å²) in [5.41, 5.74) is 0. The van der Waals surface area contributed by atoms with Gasteiger partial charge in [0.05, 0.1) is 13.7 Å². The minimum atomic E-state index is -3.62. The summed E-state index contributed by atoms with van der Waals surface area (Å²) in [6, 6.07) is 7.13. The molecule has 1 fully saturated rings. The molecule has 0 radical (unpaired) electrons. The fourth-order valence-corrected chi connectivity index (χ4v) is 4.26. The van der Waals surface area contributed by atoms with E-state index in [1.54, 1.807) is 19.2 Å². The Kier molecular flexibility index (Phi) is 7.71. The largest absolute Gasteiger partial charge is 0.493 e. The Hall–Kier alpha value is -1.80. The molecule has 0 aliphatic heterocycles. The maximum absolute atomic E-state index is 12.1. The lowest BCUT2D eigenvalue weighted by Crippen LogP contribution is -2.43. The first-order valence-electron chi connectivity index (χ1n) is 8.92. The van der Waals surface area contributed by atoms with Crippen LogP contribution in [0, 0.1) is 5.92 Å². The van der Waals surface area contributed by atoms with Crippen LogP contribution in [0.2, 0.25) is 0 Å². The third kappa shape index (κ3) is 6.84. The molecule has 2 N–H and O–H groups in total. The van der Waals surface area contributed by atoms with Gasteiger partial charge in [-0.1, -0.05) is 19.1 Å². The highest BCUT2D eigenvalue weighted by Crippen LogP contribution is 2.25. The highest BCUT2D eigenvalue weighted by atomic mass is 32.2. The van der Waals surface area contributed by atoms with Crippen LogP contribution in [0.5, 0.6) is 11.5 Å². The summed E-state index contributed by atoms with van der Waals surface area (Å²) in [5, 5.41) is 2.57. The minimum Gasteiger partial charge on any atom is -0.493 e. The molecule has 0 saturated heterocycles. The van der Waals surface area contributed by atoms with E-state index in [9.17, 15) is 13.2 Å². The van der Waals surface area contributed by atoms with Crippen LogP contribution in [0.3, 0.4) is 0 Å². The Morgan fingerprint density at radius 3 is 2.46 bits per heavy atom. The van der Waals surface area contributed by atoms with Crippen molar-refractivity contribution in [1.82, 2.24) is 10.0 Å². The van der Waals surface area contributed by atoms with Crippen LogP contribution in [0.1, 0.15) is 32.6 Å². The molecule has 2 rings (SSSR count). The van der Waals surface area contributed by atoms with Gasteiger partial charge in [0.1, 0.15) is 12.4 Å². The average Bonchev–Trinajstić information content (AvgIpc) is 2.60. The van der Waals surface area contributed by atoms with Gasteiger partial charge in [0.2, 0.25) is 15.9 Å². The average molecular weight is 384 g/mol. The molecule has 26 heavy (non-hydrogen) atoms. The summed E-state index contributed by atoms with van der Waals surface area (Å²) in [5.74, 6) is 0.721. The van der Waals surface area contributed by atoms with E-state index < -0.39 is 21.7 Å². The minimum absolute atomic E-state index is 0.0575. The molecule has 0 heterocycles. The molecule has 1 amide bonds. The first-order valence-corrected chi connectivity index (χ1v) is 10.6. The molecular weight excluding hydrogens is 356 g/mol. The van der Waals surface area contributed by atoms with Crippen LogP contribution in [0.15, 0.2) is 24.3 Å². The zero-order chi connectivity index (χ0) is 19.0. The first kappa shape index (κ1) is 20.5. The molecule has 1 saturated carbocycles. The molecule has 146 valence electrons. The summed E-state index contributed by atoms with van der Waals surface area (Å²) in [4.78, 5) is 11.9. The van der Waals surface area contributed by atoms with Gasteiger partial charge in [0, 0.05) is 6.04 Å². The number of ether oxygens (including phenoxy) is 2. The van der Waals surface area contributed by atoms with E-state index in [0.717, 1.165) is 25.7 Å². The smallest absolute Gasteiger partial charge is 0.236 e. The molecule has 0 atom stereocenters. The van der Waals surface area contributed by atoms with E-state index in [-0.39, 0.29) is 19.2 Å². The molecular formula is C18H28N2O5S. The lowest BCUT2D eigenvalue weighted by Gasteiger charge is -2.26. The van der Waals surface area contributed by atoms with Crippen LogP contribution in [0.25, 0.3) is 0 Å². The van der Waals surface area contributed by atoms with Gasteiger partial charge in [-0.05, 0) is 43.7 Å². The van der Waals surface area contributed by atoms with Crippen LogP contribution in [0.4, 0.5) is 0 Å². The van der Waals surface area contributed by atoms with E-state index in [4.69, 9.17) is 9.47 Å². The summed E-state index contributed by atoms with van der Waals surface area (Å²) in [6.45, 7) is 2.61. The molecule has 0 spiro atoms. The molecule has 1 aromatic rings. The predicted molar refractivity (Wildman–Crippen MR) is 99.8 cm³/mol. The monoisotopic (exact) mass is 384 g/mol. The van der Waals surface area contributed by atoms with Gasteiger partial charge in [-0.15, -0.1) is 0 Å². The fraction of sp³-hybridized carbons (Fsp3) is 0.611. The maximum Gasteiger partial charge on any atom is 0.236 e. The second-order valence-corrected chi connectivity index (χ2v) is 8.44. The van der Waals surface area contributed by atoms with Crippen LogP contribution >= 0.6 is 0 Å². The normalized spacial score (nSPS) is 20.4. The lowest BCUT2D eigenvalue weighted by molar-refractivity contribution is -0.118. The molecule has 0 aromatic heterocycles. The highest BCUT2D eigenvalue weighted by Gasteiger charge is 2.24. The Balaban J connectivity index is 1.69. The number of methoxy groups -OCH3 is 1. The standard InChI is InChI=1S/C18H28N2O5S/c1-14-7-9-15(10-8-14)20-26(22,23)13-18(21)19-11-12-25-17-6-4-3-5-16(17)24-2/h3-6,14-15,20H,7-13H2,1-2H3,(H,19,21). The van der Waals surface area contributed by atoms with E-state index in [1.807, 2.05) is 12.1 Å². The lowest BCUT2D eigenvalue weighted by atomic mass is 9.88. The van der Waals surface area contributed by atoms with E-state index >= 15 is 0 Å². The molecule has 0 bridgehead atoms. The zero-order valence-electron chi connectivity index (χ0n) is 15.4. The molecule has 1 aliphatic rings. The van der Waals surface area contributed by atoms with E-state index in [2.05, 4.69) is 17.0 Å². The van der Waals surface area contributed by atoms with Gasteiger partial charge >= 0.3 is 0 Å². The summed E-state index contributed by atoms with van der Waals surface area (Å²) >= 11 is 0. The highest BCUT2D eigenvalue weighted by molar-refractivity contribution is 7.90. The summed E-state index contributed by atoms with van der Waals surface area (Å²) in [6.07, 6.45) is 3.68. The van der Waals surface area contributed by atoms with Gasteiger partial charge in [-0.3, -0.25) is 4.79 Å². The predicted octanol–water partition coefficient (Wildman–Crippen LogP) is 1.69. The second-order valence-electron chi connectivity index (χ2n) is 6.68. The number of carbonyl (C=O) groups is 1. The third-order valence-electron chi connectivity index (χ3n) is 4.43. The van der Waals surface area contributed by atoms with Crippen molar-refractivity contribution in [2.45, 2.75) is 38.6 Å². The Bertz CT molecular complexity index is 685. The Morgan fingerprint density at radius 1 is 1.15 bits per heavy atom. The van der Waals surface area contributed by atoms with Gasteiger partial charge in [-0.2, -0.15) is 0 Å².